The summed E-state index contributed by atoms with van der Waals surface area (Å²) in [7, 11) is 0. The normalized spacial score (nSPS) is 19.9. The van der Waals surface area contributed by atoms with Gasteiger partial charge in [0.1, 0.15) is 30.2 Å². The first-order valence-electron chi connectivity index (χ1n) is 18.8. The van der Waals surface area contributed by atoms with E-state index in [-0.39, 0.29) is 24.9 Å². The maximum Gasteiger partial charge on any atom is 0.216 e. The fourth-order valence-corrected chi connectivity index (χ4v) is 6.61. The molecule has 1 fully saturated rings. The Labute approximate surface area is 317 Å². The molecule has 1 saturated heterocycles. The van der Waals surface area contributed by atoms with Gasteiger partial charge in [-0.3, -0.25) is 4.79 Å². The molecule has 0 saturated carbocycles. The van der Waals surface area contributed by atoms with Crippen molar-refractivity contribution in [2.24, 2.45) is 0 Å². The van der Waals surface area contributed by atoms with Crippen LogP contribution in [0, 0.1) is 5.82 Å². The summed E-state index contributed by atoms with van der Waals surface area (Å²) in [5, 5.41) is 3.99. The second-order valence-electron chi connectivity index (χ2n) is 13.6. The minimum absolute atomic E-state index is 0.0237. The van der Waals surface area contributed by atoms with Gasteiger partial charge in [-0.2, -0.15) is 0 Å². The molecule has 2 heterocycles. The van der Waals surface area contributed by atoms with E-state index in [0.717, 1.165) is 52.4 Å². The van der Waals surface area contributed by atoms with Crippen molar-refractivity contribution in [2.75, 3.05) is 26.4 Å². The third-order valence-electron chi connectivity index (χ3n) is 9.47. The van der Waals surface area contributed by atoms with Gasteiger partial charge in [-0.25, -0.2) is 4.39 Å². The van der Waals surface area contributed by atoms with Crippen LogP contribution < -0.4 is 5.32 Å². The van der Waals surface area contributed by atoms with Crippen LogP contribution in [0.3, 0.4) is 0 Å². The Hall–Kier alpha value is -4.42. The molecule has 54 heavy (non-hydrogen) atoms. The molecular weight excluding hydrogens is 687 g/mol. The number of hydrogen-bond acceptors (Lipinski definition) is 7. The molecule has 9 nitrogen and oxygen atoms in total. The Kier molecular flexibility index (Phi) is 15.2. The Morgan fingerprint density at radius 1 is 0.704 bits per heavy atom. The van der Waals surface area contributed by atoms with Crippen molar-refractivity contribution in [1.29, 1.82) is 0 Å². The number of halogens is 1. The molecule has 1 aliphatic heterocycles. The first-order valence-corrected chi connectivity index (χ1v) is 18.8. The average Bonchev–Trinajstić information content (AvgIpc) is 3.61. The molecule has 286 valence electrons. The summed E-state index contributed by atoms with van der Waals surface area (Å²) in [6.07, 6.45) is 2.03. The maximum absolute atomic E-state index is 13.8. The minimum atomic E-state index is -0.820. The molecule has 0 spiro atoms. The van der Waals surface area contributed by atoms with Gasteiger partial charge in [0.25, 0.3) is 0 Å². The van der Waals surface area contributed by atoms with Crippen LogP contribution in [0.25, 0.3) is 10.9 Å². The quantitative estimate of drug-likeness (QED) is 0.0746. The summed E-state index contributed by atoms with van der Waals surface area (Å²) < 4.78 is 53.6. The number of aromatic amines is 1. The van der Waals surface area contributed by atoms with E-state index in [1.54, 1.807) is 12.1 Å². The summed E-state index contributed by atoms with van der Waals surface area (Å²) in [6.45, 7) is 4.15. The number of rotatable bonds is 21. The smallest absolute Gasteiger partial charge is 0.216 e. The van der Waals surface area contributed by atoms with Crippen LogP contribution >= 0.6 is 0 Å². The predicted molar refractivity (Wildman–Crippen MR) is 205 cm³/mol. The van der Waals surface area contributed by atoms with E-state index in [0.29, 0.717) is 39.4 Å². The molecule has 0 aliphatic carbocycles. The zero-order chi connectivity index (χ0) is 37.4. The largest absolute Gasteiger partial charge is 0.379 e. The highest BCUT2D eigenvalue weighted by Gasteiger charge is 2.49. The van der Waals surface area contributed by atoms with Crippen molar-refractivity contribution < 1.29 is 37.6 Å². The standard InChI is InChI=1S/C44H51FN2O7/c1-32(48)46-24-11-4-12-25-49-31-40-41(51-28-33-13-5-2-6-14-33)42(52-29-34-15-7-3-8-16-34)43(53-30-35-19-21-37(45)22-20-35)44(54-40)50-26-23-36-27-47-39-18-10-9-17-38(36)39/h2-3,5-10,13-22,27,40-44,47H,4,11-12,23-26,28-31H2,1H3,(H,46,48)/t40-,41-,42+,43-,44-/m1/s1. The SMILES string of the molecule is CC(=O)NCCCCCOC[C@H]1O[C@@H](OCCc2c[nH]c3ccccc23)[C@H](OCc2ccc(F)cc2)[C@@H](OCc2ccccc2)[C@@H]1OCc1ccccc1. The van der Waals surface area contributed by atoms with E-state index in [2.05, 4.69) is 22.4 Å². The van der Waals surface area contributed by atoms with Crippen LogP contribution in [0.5, 0.6) is 0 Å². The van der Waals surface area contributed by atoms with Gasteiger partial charge < -0.3 is 38.7 Å². The number of H-pyrrole nitrogens is 1. The highest BCUT2D eigenvalue weighted by Crippen LogP contribution is 2.32. The van der Waals surface area contributed by atoms with E-state index in [9.17, 15) is 9.18 Å². The van der Waals surface area contributed by atoms with E-state index in [4.69, 9.17) is 28.4 Å². The predicted octanol–water partition coefficient (Wildman–Crippen LogP) is 7.67. The van der Waals surface area contributed by atoms with Crippen LogP contribution in [-0.2, 0) is 59.5 Å². The van der Waals surface area contributed by atoms with E-state index < -0.39 is 30.7 Å². The lowest BCUT2D eigenvalue weighted by molar-refractivity contribution is -0.328. The van der Waals surface area contributed by atoms with Crippen LogP contribution in [0.1, 0.15) is 48.4 Å². The highest BCUT2D eigenvalue weighted by molar-refractivity contribution is 5.83. The van der Waals surface area contributed by atoms with Gasteiger partial charge in [-0.05, 0) is 66.1 Å². The van der Waals surface area contributed by atoms with Gasteiger partial charge in [0.2, 0.25) is 5.91 Å². The number of nitrogens with one attached hydrogen (secondary N) is 2. The van der Waals surface area contributed by atoms with Crippen LogP contribution in [0.4, 0.5) is 4.39 Å². The van der Waals surface area contributed by atoms with Crippen LogP contribution in [0.15, 0.2) is 115 Å². The van der Waals surface area contributed by atoms with Gasteiger partial charge in [0, 0.05) is 37.2 Å². The number of fused-ring (bicyclic) bond motifs is 1. The number of carbonyl (C=O) groups is 1. The molecule has 6 rings (SSSR count). The zero-order valence-electron chi connectivity index (χ0n) is 30.9. The fourth-order valence-electron chi connectivity index (χ4n) is 6.61. The van der Waals surface area contributed by atoms with E-state index in [1.165, 1.54) is 19.1 Å². The number of carbonyl (C=O) groups excluding carboxylic acids is 1. The van der Waals surface area contributed by atoms with Crippen molar-refractivity contribution in [3.63, 3.8) is 0 Å². The third kappa shape index (κ3) is 11.8. The summed E-state index contributed by atoms with van der Waals surface area (Å²) in [5.74, 6) is -0.336. The van der Waals surface area contributed by atoms with Crippen molar-refractivity contribution in [2.45, 2.75) is 83.1 Å². The molecule has 0 bridgehead atoms. The van der Waals surface area contributed by atoms with Gasteiger partial charge >= 0.3 is 0 Å². The van der Waals surface area contributed by atoms with Gasteiger partial charge in [0.15, 0.2) is 6.29 Å². The number of aromatic nitrogens is 1. The van der Waals surface area contributed by atoms with E-state index in [1.807, 2.05) is 79.0 Å². The Balaban J connectivity index is 1.23. The molecule has 4 aromatic carbocycles. The lowest BCUT2D eigenvalue weighted by atomic mass is 9.97. The highest BCUT2D eigenvalue weighted by atomic mass is 19.1. The first-order chi connectivity index (χ1) is 26.5. The van der Waals surface area contributed by atoms with Crippen molar-refractivity contribution >= 4 is 16.8 Å². The summed E-state index contributed by atoms with van der Waals surface area (Å²) in [4.78, 5) is 14.6. The summed E-state index contributed by atoms with van der Waals surface area (Å²) in [5.41, 5.74) is 5.04. The summed E-state index contributed by atoms with van der Waals surface area (Å²) >= 11 is 0. The summed E-state index contributed by atoms with van der Waals surface area (Å²) in [6, 6.07) is 34.4. The second kappa shape index (κ2) is 20.9. The molecule has 5 atom stereocenters. The maximum atomic E-state index is 13.8. The molecule has 1 aliphatic rings. The monoisotopic (exact) mass is 738 g/mol. The number of hydrogen-bond donors (Lipinski definition) is 2. The van der Waals surface area contributed by atoms with Crippen LogP contribution in [0.2, 0.25) is 0 Å². The molecule has 1 amide bonds. The second-order valence-corrected chi connectivity index (χ2v) is 13.6. The molecule has 5 aromatic rings. The van der Waals surface area contributed by atoms with Gasteiger partial charge in [-0.1, -0.05) is 91.0 Å². The van der Waals surface area contributed by atoms with E-state index >= 15 is 0 Å². The number of unbranched alkanes of at least 4 members (excludes halogenated alkanes) is 2. The molecule has 0 radical (unpaired) electrons. The van der Waals surface area contributed by atoms with Crippen LogP contribution in [-0.4, -0.2) is 68.0 Å². The lowest BCUT2D eigenvalue weighted by Gasteiger charge is -2.46. The molecule has 0 unspecified atom stereocenters. The first kappa shape index (κ1) is 39.3. The Bertz CT molecular complexity index is 1820. The lowest BCUT2D eigenvalue weighted by Crippen LogP contribution is -2.61. The molecule has 10 heteroatoms. The van der Waals surface area contributed by atoms with Gasteiger partial charge in [-0.15, -0.1) is 0 Å². The topological polar surface area (TPSA) is 100 Å². The number of amides is 1. The minimum Gasteiger partial charge on any atom is -0.379 e. The van der Waals surface area contributed by atoms with Crippen molar-refractivity contribution in [3.05, 3.63) is 143 Å². The zero-order valence-corrected chi connectivity index (χ0v) is 30.9. The number of benzene rings is 4. The number of para-hydroxylation sites is 1. The van der Waals surface area contributed by atoms with Crippen molar-refractivity contribution in [1.82, 2.24) is 10.3 Å². The molecular formula is C44H51FN2O7. The molecule has 1 aromatic heterocycles. The van der Waals surface area contributed by atoms with Crippen molar-refractivity contribution in [3.8, 4) is 0 Å². The Morgan fingerprint density at radius 3 is 2.04 bits per heavy atom. The van der Waals surface area contributed by atoms with Gasteiger partial charge in [0.05, 0.1) is 33.0 Å². The average molecular weight is 739 g/mol. The number of ether oxygens (including phenoxy) is 6. The molecule has 2 N–H and O–H groups in total. The Morgan fingerprint density at radius 2 is 1.33 bits per heavy atom. The third-order valence-corrected chi connectivity index (χ3v) is 9.47. The fraction of sp³-hybridized carbons (Fsp3) is 0.386.